The molecule has 0 unspecified atom stereocenters. The molecule has 160 valence electrons. The van der Waals surface area contributed by atoms with Gasteiger partial charge in [-0.3, -0.25) is 4.90 Å². The number of fused-ring (bicyclic) bond motifs is 1. The molecule has 31 heavy (non-hydrogen) atoms. The van der Waals surface area contributed by atoms with Crippen LogP contribution in [-0.2, 0) is 6.42 Å². The number of aromatic hydroxyl groups is 1. The second-order valence-electron chi connectivity index (χ2n) is 8.71. The van der Waals surface area contributed by atoms with Crippen LogP contribution in [0.5, 0.6) is 11.6 Å². The van der Waals surface area contributed by atoms with Gasteiger partial charge in [0.25, 0.3) is 0 Å². The van der Waals surface area contributed by atoms with Gasteiger partial charge in [0.15, 0.2) is 0 Å². The van der Waals surface area contributed by atoms with Crippen LogP contribution in [0.15, 0.2) is 66.9 Å². The number of benzene rings is 2. The number of phenols is 1. The van der Waals surface area contributed by atoms with E-state index in [4.69, 9.17) is 4.74 Å². The van der Waals surface area contributed by atoms with Crippen molar-refractivity contribution < 1.29 is 9.84 Å². The fourth-order valence-electron chi connectivity index (χ4n) is 5.26. The van der Waals surface area contributed by atoms with Crippen molar-refractivity contribution >= 4 is 0 Å². The summed E-state index contributed by atoms with van der Waals surface area (Å²) < 4.78 is 5.91. The molecule has 0 saturated carbocycles. The first-order valence-electron chi connectivity index (χ1n) is 11.5. The van der Waals surface area contributed by atoms with Gasteiger partial charge >= 0.3 is 0 Å². The molecule has 4 heteroatoms. The zero-order valence-electron chi connectivity index (χ0n) is 17.9. The number of phenolic OH excluding ortho intramolecular Hbond substituents is 1. The van der Waals surface area contributed by atoms with Crippen LogP contribution in [-0.4, -0.2) is 41.2 Å². The number of hydrogen-bond donors (Lipinski definition) is 1. The summed E-state index contributed by atoms with van der Waals surface area (Å²) in [6, 6.07) is 20.7. The Balaban J connectivity index is 1.40. The zero-order valence-corrected chi connectivity index (χ0v) is 17.9. The van der Waals surface area contributed by atoms with Gasteiger partial charge in [-0.15, -0.1) is 0 Å². The molecule has 5 rings (SSSR count). The number of aryl methyl sites for hydroxylation is 1. The van der Waals surface area contributed by atoms with E-state index < -0.39 is 0 Å². The molecule has 1 aromatic heterocycles. The van der Waals surface area contributed by atoms with E-state index in [1.165, 1.54) is 37.1 Å². The number of nitrogens with zero attached hydrogens (tertiary/aromatic N) is 2. The summed E-state index contributed by atoms with van der Waals surface area (Å²) in [7, 11) is 0. The van der Waals surface area contributed by atoms with E-state index in [0.717, 1.165) is 30.5 Å². The van der Waals surface area contributed by atoms with E-state index in [0.29, 0.717) is 24.2 Å². The molecule has 0 bridgehead atoms. The summed E-state index contributed by atoms with van der Waals surface area (Å²) in [6.07, 6.45) is 6.56. The van der Waals surface area contributed by atoms with E-state index in [9.17, 15) is 5.11 Å². The van der Waals surface area contributed by atoms with Crippen LogP contribution in [0.2, 0.25) is 0 Å². The lowest BCUT2D eigenvalue weighted by molar-refractivity contribution is 0.232. The minimum atomic E-state index is 0.0819. The molecular formula is C27H30N2O2. The van der Waals surface area contributed by atoms with Crippen molar-refractivity contribution in [2.75, 3.05) is 26.2 Å². The average molecular weight is 415 g/mol. The molecule has 3 aromatic rings. The topological polar surface area (TPSA) is 45.6 Å². The number of hydrogen-bond acceptors (Lipinski definition) is 4. The van der Waals surface area contributed by atoms with Crippen LogP contribution < -0.4 is 4.74 Å². The highest BCUT2D eigenvalue weighted by Crippen LogP contribution is 2.49. The van der Waals surface area contributed by atoms with Crippen LogP contribution >= 0.6 is 0 Å². The van der Waals surface area contributed by atoms with Gasteiger partial charge in [-0.1, -0.05) is 48.5 Å². The first-order chi connectivity index (χ1) is 15.3. The second-order valence-corrected chi connectivity index (χ2v) is 8.71. The Labute approximate surface area is 184 Å². The molecule has 0 spiro atoms. The Kier molecular flexibility index (Phi) is 5.90. The van der Waals surface area contributed by atoms with Crippen molar-refractivity contribution in [3.63, 3.8) is 0 Å². The zero-order chi connectivity index (χ0) is 21.0. The Bertz CT molecular complexity index is 998. The third-order valence-electron chi connectivity index (χ3n) is 6.81. The number of aromatic nitrogens is 1. The molecule has 2 atom stereocenters. The minimum Gasteiger partial charge on any atom is -0.508 e. The third-order valence-corrected chi connectivity index (χ3v) is 6.81. The molecule has 4 nitrogen and oxygen atoms in total. The van der Waals surface area contributed by atoms with E-state index >= 15 is 0 Å². The summed E-state index contributed by atoms with van der Waals surface area (Å²) in [5, 5.41) is 10.8. The maximum atomic E-state index is 10.8. The van der Waals surface area contributed by atoms with E-state index in [1.54, 1.807) is 0 Å². The molecule has 1 N–H and O–H groups in total. The maximum Gasteiger partial charge on any atom is 0.213 e. The van der Waals surface area contributed by atoms with Gasteiger partial charge in [0.05, 0.1) is 0 Å². The van der Waals surface area contributed by atoms with Crippen molar-refractivity contribution in [2.24, 2.45) is 0 Å². The van der Waals surface area contributed by atoms with Gasteiger partial charge in [0.2, 0.25) is 5.88 Å². The van der Waals surface area contributed by atoms with Crippen molar-refractivity contribution in [1.82, 2.24) is 9.88 Å². The number of likely N-dealkylation sites (tertiary alicyclic amines) is 1. The molecule has 1 saturated heterocycles. The normalized spacial score (nSPS) is 21.0. The van der Waals surface area contributed by atoms with Crippen molar-refractivity contribution in [3.8, 4) is 11.6 Å². The van der Waals surface area contributed by atoms with Crippen LogP contribution in [0.4, 0.5) is 0 Å². The van der Waals surface area contributed by atoms with Gasteiger partial charge in [-0.25, -0.2) is 4.98 Å². The predicted octanol–water partition coefficient (Wildman–Crippen LogP) is 5.12. The lowest BCUT2D eigenvalue weighted by Crippen LogP contribution is -2.25. The Morgan fingerprint density at radius 1 is 0.935 bits per heavy atom. The van der Waals surface area contributed by atoms with Gasteiger partial charge in [0.1, 0.15) is 12.4 Å². The Morgan fingerprint density at radius 2 is 1.77 bits per heavy atom. The predicted molar refractivity (Wildman–Crippen MR) is 123 cm³/mol. The smallest absolute Gasteiger partial charge is 0.213 e. The first-order valence-corrected chi connectivity index (χ1v) is 11.5. The van der Waals surface area contributed by atoms with Gasteiger partial charge < -0.3 is 9.84 Å². The van der Waals surface area contributed by atoms with Crippen LogP contribution in [0.3, 0.4) is 0 Å². The summed E-state index contributed by atoms with van der Waals surface area (Å²) >= 11 is 0. The molecule has 1 aliphatic heterocycles. The summed E-state index contributed by atoms with van der Waals surface area (Å²) in [5.74, 6) is 1.45. The maximum absolute atomic E-state index is 10.8. The quantitative estimate of drug-likeness (QED) is 0.608. The molecule has 1 aliphatic carbocycles. The van der Waals surface area contributed by atoms with Crippen LogP contribution in [0.25, 0.3) is 0 Å². The van der Waals surface area contributed by atoms with Gasteiger partial charge in [-0.2, -0.15) is 0 Å². The van der Waals surface area contributed by atoms with Crippen molar-refractivity contribution in [1.29, 1.82) is 0 Å². The average Bonchev–Trinajstić information content (AvgIpc) is 3.33. The van der Waals surface area contributed by atoms with Crippen molar-refractivity contribution in [2.45, 2.75) is 37.5 Å². The van der Waals surface area contributed by atoms with E-state index in [-0.39, 0.29) is 5.92 Å². The summed E-state index contributed by atoms with van der Waals surface area (Å²) in [4.78, 5) is 7.07. The lowest BCUT2D eigenvalue weighted by Gasteiger charge is -2.35. The van der Waals surface area contributed by atoms with Gasteiger partial charge in [-0.05, 0) is 67.4 Å². The fraction of sp³-hybridized carbons (Fsp3) is 0.370. The first kappa shape index (κ1) is 20.1. The van der Waals surface area contributed by atoms with Crippen LogP contribution in [0.1, 0.15) is 53.4 Å². The molecular weight excluding hydrogens is 384 g/mol. The SMILES string of the molecule is Oc1cccc2c1[C@@H](c1ccc(OCCN3CCCC3)nc1)[C@@H](c1ccccc1)CC2. The minimum absolute atomic E-state index is 0.0819. The molecule has 2 aromatic carbocycles. The Hall–Kier alpha value is -2.85. The highest BCUT2D eigenvalue weighted by atomic mass is 16.5. The lowest BCUT2D eigenvalue weighted by atomic mass is 9.69. The summed E-state index contributed by atoms with van der Waals surface area (Å²) in [6.45, 7) is 4.00. The second kappa shape index (κ2) is 9.11. The molecule has 1 fully saturated rings. The largest absolute Gasteiger partial charge is 0.508 e. The van der Waals surface area contributed by atoms with E-state index in [2.05, 4.69) is 52.3 Å². The molecule has 2 heterocycles. The Morgan fingerprint density at radius 3 is 2.55 bits per heavy atom. The highest BCUT2D eigenvalue weighted by molar-refractivity contribution is 5.51. The van der Waals surface area contributed by atoms with Crippen molar-refractivity contribution in [3.05, 3.63) is 89.1 Å². The standard InChI is InChI=1S/C27H30N2O2/c30-24-10-6-9-21-11-13-23(20-7-2-1-3-8-20)26(27(21)24)22-12-14-25(28-19-22)31-18-17-29-15-4-5-16-29/h1-3,6-10,12,14,19,23,26,30H,4-5,11,13,15-18H2/t23-,26+/m1/s1. The third kappa shape index (κ3) is 4.31. The monoisotopic (exact) mass is 414 g/mol. The number of ether oxygens (including phenoxy) is 1. The molecule has 0 radical (unpaired) electrons. The number of pyridine rings is 1. The fourth-order valence-corrected chi connectivity index (χ4v) is 5.26. The van der Waals surface area contributed by atoms with Crippen LogP contribution in [0, 0.1) is 0 Å². The van der Waals surface area contributed by atoms with Gasteiger partial charge in [0, 0.05) is 30.3 Å². The van der Waals surface area contributed by atoms with E-state index in [1.807, 2.05) is 24.4 Å². The molecule has 0 amide bonds. The summed E-state index contributed by atoms with van der Waals surface area (Å²) in [5.41, 5.74) is 4.73. The highest BCUT2D eigenvalue weighted by Gasteiger charge is 2.34. The molecule has 2 aliphatic rings. The number of rotatable bonds is 6.